The summed E-state index contributed by atoms with van der Waals surface area (Å²) >= 11 is 0. The Morgan fingerprint density at radius 3 is 2.50 bits per heavy atom. The van der Waals surface area contributed by atoms with Crippen LogP contribution in [0.15, 0.2) is 24.3 Å². The van der Waals surface area contributed by atoms with Gasteiger partial charge >= 0.3 is 6.18 Å². The van der Waals surface area contributed by atoms with Crippen LogP contribution in [-0.4, -0.2) is 49.1 Å². The largest absolute Gasteiger partial charge is 0.416 e. The molecule has 24 heavy (non-hydrogen) atoms. The van der Waals surface area contributed by atoms with E-state index in [1.165, 1.54) is 25.1 Å². The van der Waals surface area contributed by atoms with Crippen molar-refractivity contribution in [1.29, 1.82) is 0 Å². The highest BCUT2D eigenvalue weighted by Crippen LogP contribution is 2.31. The van der Waals surface area contributed by atoms with E-state index in [2.05, 4.69) is 5.32 Å². The third-order valence-corrected chi connectivity index (χ3v) is 3.74. The molecule has 0 aromatic heterocycles. The normalized spacial score (nSPS) is 16.6. The van der Waals surface area contributed by atoms with Crippen molar-refractivity contribution in [2.75, 3.05) is 26.3 Å². The van der Waals surface area contributed by atoms with Crippen molar-refractivity contribution in [3.63, 3.8) is 0 Å². The summed E-state index contributed by atoms with van der Waals surface area (Å²) in [4.78, 5) is 25.8. The van der Waals surface area contributed by atoms with E-state index in [0.29, 0.717) is 26.3 Å². The SMILES string of the molecule is CC(NC(=O)Cc1ccccc1C(F)(F)F)C(=O)N1CCOCC1. The van der Waals surface area contributed by atoms with Gasteiger partial charge in [0, 0.05) is 13.1 Å². The van der Waals surface area contributed by atoms with Crippen molar-refractivity contribution < 1.29 is 27.5 Å². The molecular formula is C16H19F3N2O3. The number of ether oxygens (including phenoxy) is 1. The third-order valence-electron chi connectivity index (χ3n) is 3.74. The van der Waals surface area contributed by atoms with Crippen LogP contribution in [0, 0.1) is 0 Å². The summed E-state index contributed by atoms with van der Waals surface area (Å²) in [7, 11) is 0. The molecule has 1 N–H and O–H groups in total. The quantitative estimate of drug-likeness (QED) is 0.903. The Bertz CT molecular complexity index is 598. The molecule has 1 aromatic rings. The smallest absolute Gasteiger partial charge is 0.378 e. The van der Waals surface area contributed by atoms with Gasteiger partial charge in [0.15, 0.2) is 0 Å². The molecule has 132 valence electrons. The molecule has 1 heterocycles. The van der Waals surface area contributed by atoms with Crippen LogP contribution in [0.5, 0.6) is 0 Å². The highest BCUT2D eigenvalue weighted by Gasteiger charge is 2.33. The zero-order valence-corrected chi connectivity index (χ0v) is 13.2. The Morgan fingerprint density at radius 2 is 1.88 bits per heavy atom. The van der Waals surface area contributed by atoms with Crippen LogP contribution >= 0.6 is 0 Å². The molecule has 1 aromatic carbocycles. The lowest BCUT2D eigenvalue weighted by atomic mass is 10.0. The van der Waals surface area contributed by atoms with Crippen LogP contribution in [0.25, 0.3) is 0 Å². The maximum absolute atomic E-state index is 12.9. The van der Waals surface area contributed by atoms with Crippen LogP contribution in [0.4, 0.5) is 13.2 Å². The maximum atomic E-state index is 12.9. The summed E-state index contributed by atoms with van der Waals surface area (Å²) in [6.07, 6.45) is -4.96. The van der Waals surface area contributed by atoms with Crippen molar-refractivity contribution in [3.05, 3.63) is 35.4 Å². The molecular weight excluding hydrogens is 325 g/mol. The molecule has 1 aliphatic rings. The number of nitrogens with one attached hydrogen (secondary N) is 1. The second-order valence-electron chi connectivity index (χ2n) is 5.56. The first-order valence-electron chi connectivity index (χ1n) is 7.60. The molecule has 0 spiro atoms. The van der Waals surface area contributed by atoms with Crippen LogP contribution in [0.2, 0.25) is 0 Å². The summed E-state index contributed by atoms with van der Waals surface area (Å²) < 4.78 is 43.9. The minimum Gasteiger partial charge on any atom is -0.378 e. The van der Waals surface area contributed by atoms with E-state index in [9.17, 15) is 22.8 Å². The van der Waals surface area contributed by atoms with Gasteiger partial charge in [0.2, 0.25) is 11.8 Å². The Balaban J connectivity index is 1.97. The van der Waals surface area contributed by atoms with Crippen LogP contribution < -0.4 is 5.32 Å². The van der Waals surface area contributed by atoms with Gasteiger partial charge in [-0.05, 0) is 18.6 Å². The average Bonchev–Trinajstić information content (AvgIpc) is 2.54. The number of hydrogen-bond donors (Lipinski definition) is 1. The van der Waals surface area contributed by atoms with E-state index in [1.54, 1.807) is 4.90 Å². The lowest BCUT2D eigenvalue weighted by Gasteiger charge is -2.29. The van der Waals surface area contributed by atoms with Gasteiger partial charge < -0.3 is 15.0 Å². The Morgan fingerprint density at radius 1 is 1.25 bits per heavy atom. The van der Waals surface area contributed by atoms with Gasteiger partial charge in [-0.15, -0.1) is 0 Å². The van der Waals surface area contributed by atoms with Crippen LogP contribution in [-0.2, 0) is 26.9 Å². The molecule has 1 fully saturated rings. The topological polar surface area (TPSA) is 58.6 Å². The summed E-state index contributed by atoms with van der Waals surface area (Å²) in [6, 6.07) is 4.12. The second kappa shape index (κ2) is 7.65. The number of amides is 2. The van der Waals surface area contributed by atoms with Gasteiger partial charge in [-0.1, -0.05) is 18.2 Å². The molecule has 0 bridgehead atoms. The van der Waals surface area contributed by atoms with Gasteiger partial charge in [-0.3, -0.25) is 9.59 Å². The number of alkyl halides is 3. The van der Waals surface area contributed by atoms with E-state index in [1.807, 2.05) is 0 Å². The third kappa shape index (κ3) is 4.70. The molecule has 2 amide bonds. The standard InChI is InChI=1S/C16H19F3N2O3/c1-11(15(23)21-6-8-24-9-7-21)20-14(22)10-12-4-2-3-5-13(12)16(17,18)19/h2-5,11H,6-10H2,1H3,(H,20,22). The van der Waals surface area contributed by atoms with E-state index >= 15 is 0 Å². The summed E-state index contributed by atoms with van der Waals surface area (Å²) in [5, 5.41) is 2.47. The number of rotatable bonds is 4. The molecule has 1 saturated heterocycles. The molecule has 1 aliphatic heterocycles. The zero-order chi connectivity index (χ0) is 17.7. The first-order valence-corrected chi connectivity index (χ1v) is 7.60. The van der Waals surface area contributed by atoms with Crippen molar-refractivity contribution >= 4 is 11.8 Å². The number of morpholine rings is 1. The minimum absolute atomic E-state index is 0.117. The van der Waals surface area contributed by atoms with Gasteiger partial charge in [0.1, 0.15) is 6.04 Å². The zero-order valence-electron chi connectivity index (χ0n) is 13.2. The first kappa shape index (κ1) is 18.3. The minimum atomic E-state index is -4.52. The monoisotopic (exact) mass is 344 g/mol. The fourth-order valence-electron chi connectivity index (χ4n) is 2.54. The molecule has 1 atom stereocenters. The Hall–Kier alpha value is -2.09. The average molecular weight is 344 g/mol. The molecule has 1 unspecified atom stereocenters. The van der Waals surface area contributed by atoms with Crippen LogP contribution in [0.1, 0.15) is 18.1 Å². The first-order chi connectivity index (χ1) is 11.3. The second-order valence-corrected chi connectivity index (χ2v) is 5.56. The molecule has 8 heteroatoms. The summed E-state index contributed by atoms with van der Waals surface area (Å²) in [5.74, 6) is -0.892. The number of nitrogens with zero attached hydrogens (tertiary/aromatic N) is 1. The van der Waals surface area contributed by atoms with Crippen molar-refractivity contribution in [3.8, 4) is 0 Å². The van der Waals surface area contributed by atoms with Crippen LogP contribution in [0.3, 0.4) is 0 Å². The Labute approximate surface area is 137 Å². The fraction of sp³-hybridized carbons (Fsp3) is 0.500. The van der Waals surface area contributed by atoms with E-state index in [4.69, 9.17) is 4.74 Å². The summed E-state index contributed by atoms with van der Waals surface area (Å²) in [5.41, 5.74) is -0.958. The molecule has 2 rings (SSSR count). The fourth-order valence-corrected chi connectivity index (χ4v) is 2.54. The number of hydrogen-bond acceptors (Lipinski definition) is 3. The summed E-state index contributed by atoms with van der Waals surface area (Å²) in [6.45, 7) is 3.27. The molecule has 0 saturated carbocycles. The van der Waals surface area contributed by atoms with Gasteiger partial charge in [0.25, 0.3) is 0 Å². The Kier molecular flexibility index (Phi) is 5.82. The number of halogens is 3. The lowest BCUT2D eigenvalue weighted by molar-refractivity contribution is -0.140. The molecule has 0 aliphatic carbocycles. The lowest BCUT2D eigenvalue weighted by Crippen LogP contribution is -2.50. The van der Waals surface area contributed by atoms with E-state index in [0.717, 1.165) is 6.07 Å². The number of carbonyl (C=O) groups excluding carboxylic acids is 2. The van der Waals surface area contributed by atoms with Gasteiger partial charge in [-0.2, -0.15) is 13.2 Å². The van der Waals surface area contributed by atoms with Gasteiger partial charge in [-0.25, -0.2) is 0 Å². The van der Waals surface area contributed by atoms with Gasteiger partial charge in [0.05, 0.1) is 25.2 Å². The van der Waals surface area contributed by atoms with E-state index < -0.39 is 30.1 Å². The predicted octanol–water partition coefficient (Wildman–Crippen LogP) is 1.61. The number of benzene rings is 1. The van der Waals surface area contributed by atoms with Crippen molar-refractivity contribution in [2.45, 2.75) is 25.6 Å². The highest BCUT2D eigenvalue weighted by atomic mass is 19.4. The predicted molar refractivity (Wildman–Crippen MR) is 80.2 cm³/mol. The highest BCUT2D eigenvalue weighted by molar-refractivity contribution is 5.88. The van der Waals surface area contributed by atoms with Crippen molar-refractivity contribution in [2.24, 2.45) is 0 Å². The maximum Gasteiger partial charge on any atom is 0.416 e. The number of carbonyl (C=O) groups is 2. The molecule has 5 nitrogen and oxygen atoms in total. The van der Waals surface area contributed by atoms with E-state index in [-0.39, 0.29) is 11.5 Å². The molecule has 0 radical (unpaired) electrons. The van der Waals surface area contributed by atoms with Crippen molar-refractivity contribution in [1.82, 2.24) is 10.2 Å².